The Morgan fingerprint density at radius 3 is 2.23 bits per heavy atom. The number of benzene rings is 1. The van der Waals surface area contributed by atoms with E-state index in [1.807, 2.05) is 24.3 Å². The zero-order valence-corrected chi connectivity index (χ0v) is 24.9. The van der Waals surface area contributed by atoms with Crippen molar-refractivity contribution in [2.75, 3.05) is 28.6 Å². The third-order valence-corrected chi connectivity index (χ3v) is 9.54. The minimum Gasteiger partial charge on any atom is -0.353 e. The van der Waals surface area contributed by atoms with Gasteiger partial charge in [0.25, 0.3) is 0 Å². The highest BCUT2D eigenvalue weighted by atomic mass is 32.1. The van der Waals surface area contributed by atoms with E-state index in [1.54, 1.807) is 18.2 Å². The highest BCUT2D eigenvalue weighted by molar-refractivity contribution is 7.15. The molecule has 1 aliphatic carbocycles. The number of aromatic nitrogens is 5. The van der Waals surface area contributed by atoms with Crippen LogP contribution in [0.3, 0.4) is 0 Å². The van der Waals surface area contributed by atoms with Crippen molar-refractivity contribution in [1.82, 2.24) is 25.4 Å². The van der Waals surface area contributed by atoms with Crippen LogP contribution < -0.4 is 21.3 Å². The summed E-state index contributed by atoms with van der Waals surface area (Å²) in [6, 6.07) is 14.9. The second-order valence-electron chi connectivity index (χ2n) is 10.9. The number of nitrogens with one attached hydrogen (secondary N) is 2. The minimum absolute atomic E-state index is 0.149. The van der Waals surface area contributed by atoms with Gasteiger partial charge < -0.3 is 21.3 Å². The van der Waals surface area contributed by atoms with Gasteiger partial charge in [-0.3, -0.25) is 9.59 Å². The fraction of sp³-hybridized carbons (Fsp3) is 0.379. The molecule has 6 rings (SSSR count). The summed E-state index contributed by atoms with van der Waals surface area (Å²) in [5.74, 6) is 0.861. The average molecular weight is 615 g/mol. The molecule has 1 saturated heterocycles. The van der Waals surface area contributed by atoms with E-state index in [-0.39, 0.29) is 42.5 Å². The Morgan fingerprint density at radius 1 is 0.930 bits per heavy atom. The van der Waals surface area contributed by atoms with E-state index < -0.39 is 0 Å². The van der Waals surface area contributed by atoms with Crippen molar-refractivity contribution in [2.24, 2.45) is 5.73 Å². The van der Waals surface area contributed by atoms with E-state index in [0.717, 1.165) is 60.2 Å². The largest absolute Gasteiger partial charge is 0.353 e. The Morgan fingerprint density at radius 2 is 1.58 bits per heavy atom. The monoisotopic (exact) mass is 614 g/mol. The molecule has 3 aromatic heterocycles. The maximum atomic E-state index is 12.7. The summed E-state index contributed by atoms with van der Waals surface area (Å²) in [7, 11) is 0. The van der Waals surface area contributed by atoms with Crippen molar-refractivity contribution in [3.8, 4) is 6.07 Å². The zero-order valence-electron chi connectivity index (χ0n) is 23.3. The Labute approximate surface area is 256 Å². The summed E-state index contributed by atoms with van der Waals surface area (Å²) in [5.41, 5.74) is 7.86. The van der Waals surface area contributed by atoms with Crippen LogP contribution in [0.2, 0.25) is 0 Å². The molecule has 1 aromatic carbocycles. The molecule has 14 heteroatoms. The number of hydrogen-bond acceptors (Lipinski definition) is 12. The molecule has 4 aromatic rings. The van der Waals surface area contributed by atoms with E-state index in [0.29, 0.717) is 21.5 Å². The maximum absolute atomic E-state index is 12.7. The summed E-state index contributed by atoms with van der Waals surface area (Å²) in [6.45, 7) is 1.55. The van der Waals surface area contributed by atoms with Crippen molar-refractivity contribution in [3.63, 3.8) is 0 Å². The summed E-state index contributed by atoms with van der Waals surface area (Å²) >= 11 is 2.80. The molecule has 2 unspecified atom stereocenters. The molecule has 1 aliphatic heterocycles. The second-order valence-corrected chi connectivity index (χ2v) is 12.9. The molecule has 4 heterocycles. The molecule has 1 saturated carbocycles. The third-order valence-electron chi connectivity index (χ3n) is 7.53. The van der Waals surface area contributed by atoms with Gasteiger partial charge in [0.2, 0.25) is 22.1 Å². The molecule has 4 N–H and O–H groups in total. The van der Waals surface area contributed by atoms with Crippen LogP contribution >= 0.6 is 22.7 Å². The Hall–Kier alpha value is -4.32. The number of anilines is 3. The van der Waals surface area contributed by atoms with Crippen LogP contribution in [0.5, 0.6) is 0 Å². The van der Waals surface area contributed by atoms with Crippen LogP contribution in [0.4, 0.5) is 16.1 Å². The number of hydrogen-bond donors (Lipinski definition) is 3. The molecule has 43 heavy (non-hydrogen) atoms. The van der Waals surface area contributed by atoms with Crippen LogP contribution in [-0.2, 0) is 22.4 Å². The van der Waals surface area contributed by atoms with Crippen LogP contribution in [0.25, 0.3) is 0 Å². The van der Waals surface area contributed by atoms with Gasteiger partial charge in [-0.15, -0.1) is 20.4 Å². The Kier molecular flexibility index (Phi) is 8.64. The van der Waals surface area contributed by atoms with Crippen molar-refractivity contribution < 1.29 is 9.59 Å². The number of nitrogens with zero attached hydrogens (tertiary/aromatic N) is 7. The van der Waals surface area contributed by atoms with Gasteiger partial charge in [0.1, 0.15) is 15.8 Å². The zero-order chi connectivity index (χ0) is 29.8. The molecule has 2 fully saturated rings. The number of carbonyl (C=O) groups excluding carboxylic acids is 2. The molecule has 2 amide bonds. The minimum atomic E-state index is -0.202. The fourth-order valence-corrected chi connectivity index (χ4v) is 7.22. The number of nitrogens with two attached hydrogens (primary N) is 1. The van der Waals surface area contributed by atoms with Crippen molar-refractivity contribution in [2.45, 2.75) is 56.4 Å². The molecule has 2 aliphatic rings. The summed E-state index contributed by atoms with van der Waals surface area (Å²) in [4.78, 5) is 32.0. The van der Waals surface area contributed by atoms with Gasteiger partial charge in [-0.25, -0.2) is 4.98 Å². The molecule has 12 nitrogen and oxygen atoms in total. The molecular weight excluding hydrogens is 585 g/mol. The number of nitriles is 1. The quantitative estimate of drug-likeness (QED) is 0.252. The smallest absolute Gasteiger partial charge is 0.232 e. The lowest BCUT2D eigenvalue weighted by molar-refractivity contribution is -0.116. The average Bonchev–Trinajstić information content (AvgIpc) is 3.65. The lowest BCUT2D eigenvalue weighted by Gasteiger charge is -2.37. The lowest BCUT2D eigenvalue weighted by Crippen LogP contribution is -2.56. The molecule has 0 spiro atoms. The normalized spacial score (nSPS) is 18.5. The fourth-order valence-electron chi connectivity index (χ4n) is 5.41. The van der Waals surface area contributed by atoms with Crippen LogP contribution in [0, 0.1) is 11.3 Å². The molecule has 0 bridgehead atoms. The highest BCUT2D eigenvalue weighted by Gasteiger charge is 2.30. The number of amides is 2. The third kappa shape index (κ3) is 7.19. The Balaban J connectivity index is 1.01. The number of rotatable bonds is 9. The molecule has 0 radical (unpaired) electrons. The predicted molar refractivity (Wildman–Crippen MR) is 164 cm³/mol. The SMILES string of the molecule is N#Cc1cccc(CC(=O)Nc2nnc(C3CCCC(c4nnc(NC(=O)Cc5cccc(N6CC(N)C6)n5)s4)C3)s2)c1. The maximum Gasteiger partial charge on any atom is 0.232 e. The van der Waals surface area contributed by atoms with Gasteiger partial charge in [-0.2, -0.15) is 5.26 Å². The van der Waals surface area contributed by atoms with E-state index in [4.69, 9.17) is 11.0 Å². The van der Waals surface area contributed by atoms with E-state index in [1.165, 1.54) is 22.7 Å². The van der Waals surface area contributed by atoms with E-state index >= 15 is 0 Å². The Bertz CT molecular complexity index is 1660. The van der Waals surface area contributed by atoms with Gasteiger partial charge in [0.15, 0.2) is 0 Å². The predicted octanol–water partition coefficient (Wildman–Crippen LogP) is 3.61. The van der Waals surface area contributed by atoms with Crippen molar-refractivity contribution >= 4 is 50.6 Å². The van der Waals surface area contributed by atoms with Crippen LogP contribution in [0.1, 0.15) is 64.4 Å². The van der Waals surface area contributed by atoms with Gasteiger partial charge in [0, 0.05) is 31.0 Å². The first-order chi connectivity index (χ1) is 20.9. The van der Waals surface area contributed by atoms with Gasteiger partial charge in [-0.05, 0) is 49.1 Å². The molecule has 220 valence electrons. The van der Waals surface area contributed by atoms with E-state index in [9.17, 15) is 9.59 Å². The van der Waals surface area contributed by atoms with Crippen LogP contribution in [0.15, 0.2) is 42.5 Å². The number of pyridine rings is 1. The number of carbonyl (C=O) groups is 2. The standard InChI is InChI=1S/C29H30N10O2S2/c30-14-18-5-1-4-17(10-18)11-24(40)33-28-37-35-26(42-28)19-6-2-7-20(12-19)27-36-38-29(43-27)34-25(41)13-22-8-3-9-23(32-22)39-15-21(31)16-39/h1,3-5,8-10,19-21H,2,6-7,11-13,15-16,31H2,(H,33,37,40)(H,34,38,41). The second kappa shape index (κ2) is 12.9. The molecular formula is C29H30N10O2S2. The first-order valence-electron chi connectivity index (χ1n) is 14.1. The van der Waals surface area contributed by atoms with Crippen molar-refractivity contribution in [1.29, 1.82) is 5.26 Å². The van der Waals surface area contributed by atoms with Crippen LogP contribution in [-0.4, -0.2) is 56.3 Å². The van der Waals surface area contributed by atoms with Crippen molar-refractivity contribution in [3.05, 3.63) is 69.3 Å². The summed E-state index contributed by atoms with van der Waals surface area (Å²) in [5, 5.41) is 34.7. The van der Waals surface area contributed by atoms with E-state index in [2.05, 4.69) is 47.0 Å². The first-order valence-corrected chi connectivity index (χ1v) is 15.8. The summed E-state index contributed by atoms with van der Waals surface area (Å²) < 4.78 is 0. The van der Waals surface area contributed by atoms with Gasteiger partial charge >= 0.3 is 0 Å². The first kappa shape index (κ1) is 28.8. The highest BCUT2D eigenvalue weighted by Crippen LogP contribution is 2.43. The lowest BCUT2D eigenvalue weighted by atomic mass is 9.82. The van der Waals surface area contributed by atoms with Gasteiger partial charge in [-0.1, -0.05) is 47.3 Å². The van der Waals surface area contributed by atoms with Gasteiger partial charge in [0.05, 0.1) is 30.2 Å². The topological polar surface area (TPSA) is 176 Å². The summed E-state index contributed by atoms with van der Waals surface area (Å²) in [6.07, 6.45) is 4.14. The molecule has 2 atom stereocenters.